The largest absolute Gasteiger partial charge is 0.481 e. The van der Waals surface area contributed by atoms with Crippen LogP contribution in [0.5, 0.6) is 5.75 Å². The fourth-order valence-electron chi connectivity index (χ4n) is 2.32. The van der Waals surface area contributed by atoms with Crippen LogP contribution in [0.4, 0.5) is 0 Å². The van der Waals surface area contributed by atoms with Gasteiger partial charge < -0.3 is 14.8 Å². The zero-order valence-electron chi connectivity index (χ0n) is 13.5. The third kappa shape index (κ3) is 5.45. The molecule has 0 amide bonds. The van der Waals surface area contributed by atoms with Crippen LogP contribution in [0.15, 0.2) is 48.5 Å². The van der Waals surface area contributed by atoms with E-state index in [-0.39, 0.29) is 6.61 Å². The Labute approximate surface area is 138 Å². The van der Waals surface area contributed by atoms with E-state index >= 15 is 0 Å². The summed E-state index contributed by atoms with van der Waals surface area (Å²) < 4.78 is 11.1. The van der Waals surface area contributed by atoms with Crippen LogP contribution < -0.4 is 10.1 Å². The molecule has 0 saturated heterocycles. The standard InChI is InChI=1S/C20H23NO2/c1-3-13-23-20-12-8-7-10-18(20)15-21-14-17-9-5-6-11-19(17)16-22-4-2/h1,5-12,21H,4,13-16H2,2H3. The number of rotatable bonds is 9. The van der Waals surface area contributed by atoms with Crippen molar-refractivity contribution in [2.45, 2.75) is 26.6 Å². The second-order valence-electron chi connectivity index (χ2n) is 5.11. The van der Waals surface area contributed by atoms with Gasteiger partial charge in [0.1, 0.15) is 12.4 Å². The van der Waals surface area contributed by atoms with E-state index in [1.807, 2.05) is 37.3 Å². The van der Waals surface area contributed by atoms with Crippen LogP contribution >= 0.6 is 0 Å². The lowest BCUT2D eigenvalue weighted by Gasteiger charge is -2.13. The Balaban J connectivity index is 1.94. The van der Waals surface area contributed by atoms with Crippen LogP contribution in [-0.4, -0.2) is 13.2 Å². The molecule has 2 aromatic carbocycles. The highest BCUT2D eigenvalue weighted by Crippen LogP contribution is 2.18. The first-order valence-corrected chi connectivity index (χ1v) is 7.84. The number of hydrogen-bond donors (Lipinski definition) is 1. The summed E-state index contributed by atoms with van der Waals surface area (Å²) in [5.41, 5.74) is 3.58. The lowest BCUT2D eigenvalue weighted by Crippen LogP contribution is -2.15. The molecule has 120 valence electrons. The average Bonchev–Trinajstić information content (AvgIpc) is 2.60. The predicted octanol–water partition coefficient (Wildman–Crippen LogP) is 3.52. The molecule has 0 aliphatic carbocycles. The maximum atomic E-state index is 5.57. The van der Waals surface area contributed by atoms with Crippen molar-refractivity contribution in [2.24, 2.45) is 0 Å². The van der Waals surface area contributed by atoms with Gasteiger partial charge >= 0.3 is 0 Å². The number of para-hydroxylation sites is 1. The molecule has 0 spiro atoms. The second kappa shape index (κ2) is 9.68. The minimum absolute atomic E-state index is 0.286. The fourth-order valence-corrected chi connectivity index (χ4v) is 2.32. The van der Waals surface area contributed by atoms with E-state index in [2.05, 4.69) is 29.4 Å². The molecule has 0 fully saturated rings. The predicted molar refractivity (Wildman–Crippen MR) is 93.1 cm³/mol. The minimum Gasteiger partial charge on any atom is -0.481 e. The highest BCUT2D eigenvalue weighted by Gasteiger charge is 2.04. The van der Waals surface area contributed by atoms with Crippen LogP contribution in [0, 0.1) is 12.3 Å². The van der Waals surface area contributed by atoms with Crippen LogP contribution in [0.25, 0.3) is 0 Å². The molecule has 2 aromatic rings. The van der Waals surface area contributed by atoms with E-state index in [1.165, 1.54) is 11.1 Å². The molecule has 0 heterocycles. The number of hydrogen-bond acceptors (Lipinski definition) is 3. The monoisotopic (exact) mass is 309 g/mol. The normalized spacial score (nSPS) is 10.3. The van der Waals surface area contributed by atoms with Crippen LogP contribution in [0.1, 0.15) is 23.6 Å². The Morgan fingerprint density at radius 1 is 0.957 bits per heavy atom. The van der Waals surface area contributed by atoms with Crippen LogP contribution in [-0.2, 0) is 24.4 Å². The molecule has 3 heteroatoms. The number of ether oxygens (including phenoxy) is 2. The second-order valence-corrected chi connectivity index (χ2v) is 5.11. The summed E-state index contributed by atoms with van der Waals surface area (Å²) in [4.78, 5) is 0. The van der Waals surface area contributed by atoms with Crippen molar-refractivity contribution in [1.82, 2.24) is 5.32 Å². The summed E-state index contributed by atoms with van der Waals surface area (Å²) in [5.74, 6) is 3.33. The quantitative estimate of drug-likeness (QED) is 0.719. The van der Waals surface area contributed by atoms with Crippen molar-refractivity contribution in [2.75, 3.05) is 13.2 Å². The first kappa shape index (κ1) is 17.1. The lowest BCUT2D eigenvalue weighted by atomic mass is 10.1. The molecule has 2 rings (SSSR count). The van der Waals surface area contributed by atoms with Gasteiger partial charge in [0.2, 0.25) is 0 Å². The van der Waals surface area contributed by atoms with Crippen molar-refractivity contribution < 1.29 is 9.47 Å². The van der Waals surface area contributed by atoms with Gasteiger partial charge in [-0.05, 0) is 24.1 Å². The van der Waals surface area contributed by atoms with E-state index in [9.17, 15) is 0 Å². The molecule has 0 aromatic heterocycles. The first-order chi connectivity index (χ1) is 11.3. The van der Waals surface area contributed by atoms with Crippen molar-refractivity contribution >= 4 is 0 Å². The first-order valence-electron chi connectivity index (χ1n) is 7.84. The lowest BCUT2D eigenvalue weighted by molar-refractivity contribution is 0.133. The maximum Gasteiger partial charge on any atom is 0.148 e. The Morgan fingerprint density at radius 3 is 2.35 bits per heavy atom. The Morgan fingerprint density at radius 2 is 1.61 bits per heavy atom. The van der Waals surface area contributed by atoms with Crippen molar-refractivity contribution in [3.05, 3.63) is 65.2 Å². The SMILES string of the molecule is C#CCOc1ccccc1CNCc1ccccc1COCC. The molecule has 0 atom stereocenters. The Hall–Kier alpha value is -2.28. The molecular formula is C20H23NO2. The van der Waals surface area contributed by atoms with Gasteiger partial charge in [-0.15, -0.1) is 6.42 Å². The highest BCUT2D eigenvalue weighted by molar-refractivity contribution is 5.33. The van der Waals surface area contributed by atoms with Crippen molar-refractivity contribution in [3.63, 3.8) is 0 Å². The van der Waals surface area contributed by atoms with Crippen molar-refractivity contribution in [3.8, 4) is 18.1 Å². The molecule has 3 nitrogen and oxygen atoms in total. The van der Waals surface area contributed by atoms with Gasteiger partial charge in [0, 0.05) is 25.3 Å². The summed E-state index contributed by atoms with van der Waals surface area (Å²) >= 11 is 0. The molecule has 0 aliphatic heterocycles. The summed E-state index contributed by atoms with van der Waals surface area (Å²) in [6, 6.07) is 16.3. The molecule has 0 bridgehead atoms. The molecule has 0 radical (unpaired) electrons. The van der Waals surface area contributed by atoms with E-state index in [0.717, 1.165) is 31.0 Å². The molecule has 1 N–H and O–H groups in total. The molecule has 0 aliphatic rings. The molecule has 0 unspecified atom stereocenters. The van der Waals surface area contributed by atoms with Gasteiger partial charge in [-0.1, -0.05) is 48.4 Å². The van der Waals surface area contributed by atoms with E-state index in [1.54, 1.807) is 0 Å². The van der Waals surface area contributed by atoms with E-state index in [4.69, 9.17) is 15.9 Å². The Kier molecular flexibility index (Phi) is 7.19. The van der Waals surface area contributed by atoms with Crippen LogP contribution in [0.3, 0.4) is 0 Å². The summed E-state index contributed by atoms with van der Waals surface area (Å²) in [6.45, 7) is 5.18. The van der Waals surface area contributed by atoms with Gasteiger partial charge in [0.05, 0.1) is 6.61 Å². The smallest absolute Gasteiger partial charge is 0.148 e. The highest BCUT2D eigenvalue weighted by atomic mass is 16.5. The molecule has 23 heavy (non-hydrogen) atoms. The van der Waals surface area contributed by atoms with Gasteiger partial charge in [-0.3, -0.25) is 0 Å². The van der Waals surface area contributed by atoms with Crippen molar-refractivity contribution in [1.29, 1.82) is 0 Å². The van der Waals surface area contributed by atoms with Gasteiger partial charge in [-0.2, -0.15) is 0 Å². The van der Waals surface area contributed by atoms with E-state index in [0.29, 0.717) is 6.61 Å². The summed E-state index contributed by atoms with van der Waals surface area (Å²) in [6.07, 6.45) is 5.26. The molecule has 0 saturated carbocycles. The third-order valence-corrected chi connectivity index (χ3v) is 3.49. The number of terminal acetylenes is 1. The molecular weight excluding hydrogens is 286 g/mol. The maximum absolute atomic E-state index is 5.57. The van der Waals surface area contributed by atoms with Gasteiger partial charge in [0.15, 0.2) is 0 Å². The summed E-state index contributed by atoms with van der Waals surface area (Å²) in [5, 5.41) is 3.46. The topological polar surface area (TPSA) is 30.5 Å². The zero-order valence-corrected chi connectivity index (χ0v) is 13.5. The van der Waals surface area contributed by atoms with Gasteiger partial charge in [-0.25, -0.2) is 0 Å². The van der Waals surface area contributed by atoms with Crippen LogP contribution in [0.2, 0.25) is 0 Å². The van der Waals surface area contributed by atoms with Gasteiger partial charge in [0.25, 0.3) is 0 Å². The minimum atomic E-state index is 0.286. The average molecular weight is 309 g/mol. The number of nitrogens with one attached hydrogen (secondary N) is 1. The fraction of sp³-hybridized carbons (Fsp3) is 0.300. The van der Waals surface area contributed by atoms with E-state index < -0.39 is 0 Å². The zero-order chi connectivity index (χ0) is 16.3. The summed E-state index contributed by atoms with van der Waals surface area (Å²) in [7, 11) is 0. The number of benzene rings is 2. The Bertz CT molecular complexity index is 646. The third-order valence-electron chi connectivity index (χ3n) is 3.49.